The Kier molecular flexibility index (Phi) is 8.65. The molecule has 0 saturated carbocycles. The molecule has 1 aliphatic heterocycles. The van der Waals surface area contributed by atoms with Crippen molar-refractivity contribution in [3.05, 3.63) is 83.9 Å². The monoisotopic (exact) mass is 488 g/mol. The predicted octanol–water partition coefficient (Wildman–Crippen LogP) is 5.53. The van der Waals surface area contributed by atoms with Crippen molar-refractivity contribution in [2.75, 3.05) is 52.9 Å². The van der Waals surface area contributed by atoms with Crippen LogP contribution in [0.25, 0.3) is 21.5 Å². The van der Waals surface area contributed by atoms with Crippen LogP contribution in [0.4, 0.5) is 0 Å². The lowest BCUT2D eigenvalue weighted by molar-refractivity contribution is 0.0224. The predicted molar refractivity (Wildman–Crippen MR) is 140 cm³/mol. The molecule has 36 heavy (non-hydrogen) atoms. The minimum Gasteiger partial charge on any atom is -0.487 e. The van der Waals surface area contributed by atoms with E-state index in [0.29, 0.717) is 77.6 Å². The Morgan fingerprint density at radius 2 is 0.750 bits per heavy atom. The third-order valence-electron chi connectivity index (χ3n) is 6.11. The van der Waals surface area contributed by atoms with Crippen LogP contribution in [0.15, 0.2) is 72.8 Å². The van der Waals surface area contributed by atoms with Crippen LogP contribution in [0, 0.1) is 0 Å². The molecule has 5 rings (SSSR count). The molecule has 188 valence electrons. The van der Waals surface area contributed by atoms with Crippen LogP contribution < -0.4 is 9.47 Å². The maximum atomic E-state index is 6.01. The molecule has 0 amide bonds. The summed E-state index contributed by atoms with van der Waals surface area (Å²) in [6.45, 7) is 4.82. The van der Waals surface area contributed by atoms with E-state index in [1.165, 1.54) is 10.8 Å². The summed E-state index contributed by atoms with van der Waals surface area (Å²) < 4.78 is 35.4. The van der Waals surface area contributed by atoms with Gasteiger partial charge in [-0.3, -0.25) is 0 Å². The quantitative estimate of drug-likeness (QED) is 0.324. The van der Waals surface area contributed by atoms with Gasteiger partial charge in [0, 0.05) is 0 Å². The Bertz CT molecular complexity index is 1070. The van der Waals surface area contributed by atoms with Crippen molar-refractivity contribution >= 4 is 21.5 Å². The first-order valence-corrected chi connectivity index (χ1v) is 12.5. The highest BCUT2D eigenvalue weighted by atomic mass is 16.6. The Morgan fingerprint density at radius 1 is 0.389 bits per heavy atom. The second kappa shape index (κ2) is 12.7. The molecule has 0 saturated heterocycles. The fourth-order valence-corrected chi connectivity index (χ4v) is 4.25. The van der Waals surface area contributed by atoms with Gasteiger partial charge in [-0.2, -0.15) is 0 Å². The van der Waals surface area contributed by atoms with Gasteiger partial charge in [-0.15, -0.1) is 0 Å². The van der Waals surface area contributed by atoms with Crippen LogP contribution in [-0.4, -0.2) is 52.9 Å². The molecule has 0 fully saturated rings. The summed E-state index contributed by atoms with van der Waals surface area (Å²) in [5, 5.41) is 4.59. The van der Waals surface area contributed by atoms with E-state index in [-0.39, 0.29) is 0 Å². The van der Waals surface area contributed by atoms with Gasteiger partial charge in [0.05, 0.1) is 52.9 Å². The van der Waals surface area contributed by atoms with Gasteiger partial charge in [-0.25, -0.2) is 0 Å². The van der Waals surface area contributed by atoms with E-state index in [4.69, 9.17) is 28.4 Å². The summed E-state index contributed by atoms with van der Waals surface area (Å²) >= 11 is 0. The van der Waals surface area contributed by atoms with Gasteiger partial charge >= 0.3 is 0 Å². The van der Waals surface area contributed by atoms with Crippen molar-refractivity contribution in [3.63, 3.8) is 0 Å². The number of rotatable bonds is 0. The van der Waals surface area contributed by atoms with E-state index in [0.717, 1.165) is 21.9 Å². The van der Waals surface area contributed by atoms with E-state index in [9.17, 15) is 0 Å². The van der Waals surface area contributed by atoms with Crippen molar-refractivity contribution in [1.82, 2.24) is 0 Å². The molecule has 1 heterocycles. The van der Waals surface area contributed by atoms with Crippen LogP contribution >= 0.6 is 0 Å². The Hall–Kier alpha value is -3.16. The van der Waals surface area contributed by atoms with Gasteiger partial charge in [0.15, 0.2) is 11.5 Å². The molecule has 0 aromatic heterocycles. The molecule has 0 spiro atoms. The average molecular weight is 489 g/mol. The molecule has 0 radical (unpaired) electrons. The van der Waals surface area contributed by atoms with E-state index in [1.54, 1.807) is 0 Å². The topological polar surface area (TPSA) is 55.4 Å². The van der Waals surface area contributed by atoms with Crippen molar-refractivity contribution in [2.45, 2.75) is 13.2 Å². The number of fused-ring (bicyclic) bond motifs is 4. The molecule has 4 aromatic carbocycles. The molecule has 0 atom stereocenters. The summed E-state index contributed by atoms with van der Waals surface area (Å²) in [6, 6.07) is 24.9. The lowest BCUT2D eigenvalue weighted by Crippen LogP contribution is -2.14. The number of benzene rings is 4. The van der Waals surface area contributed by atoms with Gasteiger partial charge in [0.2, 0.25) is 0 Å². The van der Waals surface area contributed by atoms with Crippen LogP contribution in [0.2, 0.25) is 0 Å². The van der Waals surface area contributed by atoms with Gasteiger partial charge in [-0.05, 0) is 56.9 Å². The standard InChI is InChI=1S/C30H32O6/c1-2-6-24-18-28-22-34-12-10-32-14-16-36-30-20-26-8-4-3-7-25(26)19-29(30)35-15-13-31-9-11-33-21-27(28)17-23(24)5-1/h1-8,17-20H,9-16,21-22H2. The SMILES string of the molecule is c1ccc2cc3c(cc2c1)COCCOCCOc1cc2ccccc2cc1OCCOCCOC3. The first-order chi connectivity index (χ1) is 17.9. The maximum absolute atomic E-state index is 6.01. The van der Waals surface area contributed by atoms with Gasteiger partial charge < -0.3 is 28.4 Å². The highest BCUT2D eigenvalue weighted by Gasteiger charge is 2.10. The molecule has 0 aliphatic carbocycles. The van der Waals surface area contributed by atoms with Gasteiger partial charge in [0.1, 0.15) is 13.2 Å². The largest absolute Gasteiger partial charge is 0.487 e. The number of hydrogen-bond acceptors (Lipinski definition) is 6. The highest BCUT2D eigenvalue weighted by Crippen LogP contribution is 2.32. The van der Waals surface area contributed by atoms with Crippen molar-refractivity contribution in [2.24, 2.45) is 0 Å². The average Bonchev–Trinajstić information content (AvgIpc) is 2.91. The first kappa shape index (κ1) is 24.5. The van der Waals surface area contributed by atoms with Crippen molar-refractivity contribution in [3.8, 4) is 11.5 Å². The van der Waals surface area contributed by atoms with Crippen LogP contribution in [0.1, 0.15) is 11.1 Å². The zero-order valence-electron chi connectivity index (χ0n) is 20.4. The third kappa shape index (κ3) is 6.53. The summed E-state index contributed by atoms with van der Waals surface area (Å²) in [4.78, 5) is 0. The molecule has 6 nitrogen and oxygen atoms in total. The number of ether oxygens (including phenoxy) is 6. The van der Waals surface area contributed by atoms with Crippen molar-refractivity contribution in [1.29, 1.82) is 0 Å². The summed E-state index contributed by atoms with van der Waals surface area (Å²) in [7, 11) is 0. The maximum Gasteiger partial charge on any atom is 0.161 e. The minimum atomic E-state index is 0.428. The van der Waals surface area contributed by atoms with E-state index in [2.05, 4.69) is 48.5 Å². The zero-order chi connectivity index (χ0) is 24.4. The van der Waals surface area contributed by atoms with E-state index < -0.39 is 0 Å². The molecule has 0 unspecified atom stereocenters. The fraction of sp³-hybridized carbons (Fsp3) is 0.333. The Morgan fingerprint density at radius 3 is 1.19 bits per heavy atom. The summed E-state index contributed by atoms with van der Waals surface area (Å²) in [5.74, 6) is 1.41. The molecule has 4 aromatic rings. The summed E-state index contributed by atoms with van der Waals surface area (Å²) in [6.07, 6.45) is 0. The van der Waals surface area contributed by atoms with Gasteiger partial charge in [0.25, 0.3) is 0 Å². The molecular weight excluding hydrogens is 456 g/mol. The first-order valence-electron chi connectivity index (χ1n) is 12.5. The Balaban J connectivity index is 1.23. The second-order valence-electron chi connectivity index (χ2n) is 8.64. The molecule has 1 aliphatic rings. The third-order valence-corrected chi connectivity index (χ3v) is 6.11. The molecule has 0 bridgehead atoms. The number of hydrogen-bond donors (Lipinski definition) is 0. The summed E-state index contributed by atoms with van der Waals surface area (Å²) in [5.41, 5.74) is 2.26. The normalized spacial score (nSPS) is 16.9. The van der Waals surface area contributed by atoms with Crippen LogP contribution in [0.5, 0.6) is 11.5 Å². The molecule has 6 heteroatoms. The molecular formula is C30H32O6. The lowest BCUT2D eigenvalue weighted by atomic mass is 10.0. The highest BCUT2D eigenvalue weighted by molar-refractivity contribution is 5.86. The second-order valence-corrected chi connectivity index (χ2v) is 8.64. The molecule has 0 N–H and O–H groups in total. The minimum absolute atomic E-state index is 0.428. The fourth-order valence-electron chi connectivity index (χ4n) is 4.25. The van der Waals surface area contributed by atoms with Crippen LogP contribution in [-0.2, 0) is 32.2 Å². The van der Waals surface area contributed by atoms with Crippen molar-refractivity contribution < 1.29 is 28.4 Å². The lowest BCUT2D eigenvalue weighted by Gasteiger charge is -2.16. The zero-order valence-corrected chi connectivity index (χ0v) is 20.4. The Labute approximate surface area is 211 Å². The van der Waals surface area contributed by atoms with E-state index in [1.807, 2.05) is 24.3 Å². The van der Waals surface area contributed by atoms with Gasteiger partial charge in [-0.1, -0.05) is 48.5 Å². The smallest absolute Gasteiger partial charge is 0.161 e. The van der Waals surface area contributed by atoms with E-state index >= 15 is 0 Å². The van der Waals surface area contributed by atoms with Crippen LogP contribution in [0.3, 0.4) is 0 Å².